The number of rotatable bonds is 15. The summed E-state index contributed by atoms with van der Waals surface area (Å²) < 4.78 is 56.5. The topological polar surface area (TPSA) is 402 Å². The monoisotopic (exact) mass is 851 g/mol. The van der Waals surface area contributed by atoms with Gasteiger partial charge in [0.2, 0.25) is 0 Å². The van der Waals surface area contributed by atoms with Crippen molar-refractivity contribution in [3.05, 3.63) is 12.7 Å². The number of hydrogen-bond donors (Lipinski definition) is 15. The zero-order valence-corrected chi connectivity index (χ0v) is 31.2. The van der Waals surface area contributed by atoms with Gasteiger partial charge < -0.3 is 125 Å². The zero-order chi connectivity index (χ0) is 42.7. The molecule has 25 heteroatoms. The van der Waals surface area contributed by atoms with Crippen LogP contribution in [-0.4, -0.2) is 258 Å². The third-order valence-electron chi connectivity index (χ3n) is 10.7. The van der Waals surface area contributed by atoms with E-state index in [-0.39, 0.29) is 6.61 Å². The second-order valence-electron chi connectivity index (χ2n) is 14.6. The van der Waals surface area contributed by atoms with Crippen LogP contribution in [0.2, 0.25) is 0 Å². The average molecular weight is 852 g/mol. The van der Waals surface area contributed by atoms with Gasteiger partial charge in [-0.2, -0.15) is 0 Å². The van der Waals surface area contributed by atoms with Crippen molar-refractivity contribution in [1.29, 1.82) is 0 Å². The van der Waals surface area contributed by atoms with Crippen LogP contribution in [0.25, 0.3) is 0 Å². The minimum Gasteiger partial charge on any atom is -0.394 e. The lowest BCUT2D eigenvalue weighted by Crippen LogP contribution is -2.69. The summed E-state index contributed by atoms with van der Waals surface area (Å²) in [7, 11) is 0. The second kappa shape index (κ2) is 20.7. The standard InChI is InChI=1S/C33H57NO24/c1-3-4-49-30-23(47)21(45)25(13(8-38)54-30)55-32-24(48)27(18(42)12(7-37)52-32)57-29-14(34)26(17(41)11(6-36)51-29)56-33-28(20(44)16(40)10(5-35)53-33)58-31-22(46)19(43)15(39)9(2)50-31/h3,9-33,35-48H,1,4-8,34H2,2H3/t9?,10?,11?,12?,13?,14?,15-,16-,17-,18-,19?,20?,21?,22?,23?,24?,25-,26?,27?,28?,29-,30+,31-,32+,33-/m0/s1. The fourth-order valence-electron chi connectivity index (χ4n) is 7.29. The van der Waals surface area contributed by atoms with Gasteiger partial charge in [0.05, 0.1) is 45.2 Å². The highest BCUT2D eigenvalue weighted by molar-refractivity contribution is 5.00. The lowest BCUT2D eigenvalue weighted by atomic mass is 9.94. The van der Waals surface area contributed by atoms with Crippen LogP contribution in [0.1, 0.15) is 6.92 Å². The molecule has 16 N–H and O–H groups in total. The highest BCUT2D eigenvalue weighted by Crippen LogP contribution is 2.35. The van der Waals surface area contributed by atoms with Crippen molar-refractivity contribution >= 4 is 0 Å². The van der Waals surface area contributed by atoms with E-state index in [4.69, 9.17) is 53.1 Å². The number of aliphatic hydroxyl groups is 14. The van der Waals surface area contributed by atoms with Crippen LogP contribution >= 0.6 is 0 Å². The van der Waals surface area contributed by atoms with Crippen molar-refractivity contribution in [2.24, 2.45) is 5.73 Å². The Morgan fingerprint density at radius 1 is 0.448 bits per heavy atom. The SMILES string of the molecule is C=CCO[C@@H]1OC(CO)[C@H](O[C@H]2OC(CO)[C@H](O)C(O[C@@H]3OC(CO)[C@H](O)C(O[C@@H]4OC(CO)[C@H](O)C(O)C4O[C@@H]4OC(C)[C@H](O)C(O)C4O)C3N)C2O)C(O)C1O. The molecule has 25 atom stereocenters. The van der Waals surface area contributed by atoms with Gasteiger partial charge in [-0.25, -0.2) is 0 Å². The first-order valence-electron chi connectivity index (χ1n) is 18.6. The molecule has 0 aromatic carbocycles. The molecule has 0 saturated carbocycles. The van der Waals surface area contributed by atoms with E-state index in [1.54, 1.807) is 0 Å². The maximum Gasteiger partial charge on any atom is 0.187 e. The van der Waals surface area contributed by atoms with E-state index in [2.05, 4.69) is 6.58 Å². The van der Waals surface area contributed by atoms with Gasteiger partial charge in [-0.05, 0) is 6.92 Å². The second-order valence-corrected chi connectivity index (χ2v) is 14.6. The van der Waals surface area contributed by atoms with Gasteiger partial charge in [-0.15, -0.1) is 6.58 Å². The number of nitrogens with two attached hydrogens (primary N) is 1. The van der Waals surface area contributed by atoms with E-state index in [0.29, 0.717) is 0 Å². The molecule has 0 aromatic heterocycles. The third-order valence-corrected chi connectivity index (χ3v) is 10.7. The lowest BCUT2D eigenvalue weighted by molar-refractivity contribution is -0.389. The normalized spacial score (nSPS) is 51.7. The smallest absolute Gasteiger partial charge is 0.187 e. The summed E-state index contributed by atoms with van der Waals surface area (Å²) in [4.78, 5) is 0. The van der Waals surface area contributed by atoms with Crippen LogP contribution in [0.3, 0.4) is 0 Å². The van der Waals surface area contributed by atoms with Gasteiger partial charge in [0.15, 0.2) is 31.5 Å². The summed E-state index contributed by atoms with van der Waals surface area (Å²) in [5.41, 5.74) is 6.46. The van der Waals surface area contributed by atoms with Crippen molar-refractivity contribution < 1.29 is 119 Å². The first-order chi connectivity index (χ1) is 27.5. The largest absolute Gasteiger partial charge is 0.394 e. The molecule has 338 valence electrons. The van der Waals surface area contributed by atoms with Gasteiger partial charge in [0.25, 0.3) is 0 Å². The molecule has 0 aliphatic carbocycles. The molecule has 0 spiro atoms. The fraction of sp³-hybridized carbons (Fsp3) is 0.939. The molecule has 5 aliphatic rings. The summed E-state index contributed by atoms with van der Waals surface area (Å²) in [6.45, 7) is 1.29. The molecule has 25 nitrogen and oxygen atoms in total. The number of aliphatic hydroxyl groups excluding tert-OH is 14. The Hall–Kier alpha value is -1.26. The van der Waals surface area contributed by atoms with Crippen LogP contribution in [0.5, 0.6) is 0 Å². The maximum absolute atomic E-state index is 11.4. The van der Waals surface area contributed by atoms with Crippen LogP contribution in [-0.2, 0) is 47.4 Å². The van der Waals surface area contributed by atoms with Crippen LogP contribution in [0, 0.1) is 0 Å². The molecular formula is C33H57NO24. The number of hydrogen-bond acceptors (Lipinski definition) is 25. The van der Waals surface area contributed by atoms with Gasteiger partial charge in [-0.1, -0.05) is 6.08 Å². The van der Waals surface area contributed by atoms with Crippen LogP contribution in [0.4, 0.5) is 0 Å². The molecule has 0 radical (unpaired) electrons. The Labute approximate surface area is 330 Å². The van der Waals surface area contributed by atoms with Crippen molar-refractivity contribution in [2.45, 2.75) is 160 Å². The summed E-state index contributed by atoms with van der Waals surface area (Å²) >= 11 is 0. The van der Waals surface area contributed by atoms with Gasteiger partial charge >= 0.3 is 0 Å². The number of ether oxygens (including phenoxy) is 10. The predicted octanol–water partition coefficient (Wildman–Crippen LogP) is -9.72. The molecule has 0 aromatic rings. The Bertz CT molecular complexity index is 1280. The van der Waals surface area contributed by atoms with Crippen LogP contribution in [0.15, 0.2) is 12.7 Å². The van der Waals surface area contributed by atoms with Crippen LogP contribution < -0.4 is 5.73 Å². The molecule has 58 heavy (non-hydrogen) atoms. The Balaban J connectivity index is 1.36. The predicted molar refractivity (Wildman–Crippen MR) is 181 cm³/mol. The quantitative estimate of drug-likeness (QED) is 0.0680. The molecule has 5 fully saturated rings. The van der Waals surface area contributed by atoms with E-state index in [1.807, 2.05) is 0 Å². The maximum atomic E-state index is 11.4. The summed E-state index contributed by atoms with van der Waals surface area (Å²) in [6, 6.07) is -1.66. The summed E-state index contributed by atoms with van der Waals surface area (Å²) in [5.74, 6) is 0. The average Bonchev–Trinajstić information content (AvgIpc) is 3.21. The Morgan fingerprint density at radius 2 is 0.897 bits per heavy atom. The molecule has 0 amide bonds. The van der Waals surface area contributed by atoms with E-state index >= 15 is 0 Å². The van der Waals surface area contributed by atoms with E-state index < -0.39 is 180 Å². The zero-order valence-electron chi connectivity index (χ0n) is 31.2. The highest BCUT2D eigenvalue weighted by Gasteiger charge is 2.56. The fourth-order valence-corrected chi connectivity index (χ4v) is 7.29. The first kappa shape index (κ1) is 47.8. The van der Waals surface area contributed by atoms with Gasteiger partial charge in [0, 0.05) is 0 Å². The summed E-state index contributed by atoms with van der Waals surface area (Å²) in [6.07, 6.45) is -39.7. The molecule has 15 unspecified atom stereocenters. The summed E-state index contributed by atoms with van der Waals surface area (Å²) in [5, 5.41) is 148. The van der Waals surface area contributed by atoms with E-state index in [0.717, 1.165) is 0 Å². The molecule has 5 saturated heterocycles. The molecular weight excluding hydrogens is 794 g/mol. The van der Waals surface area contributed by atoms with Gasteiger partial charge in [0.1, 0.15) is 110 Å². The van der Waals surface area contributed by atoms with Crippen molar-refractivity contribution in [1.82, 2.24) is 0 Å². The molecule has 0 bridgehead atoms. The first-order valence-corrected chi connectivity index (χ1v) is 18.6. The van der Waals surface area contributed by atoms with Crippen molar-refractivity contribution in [3.8, 4) is 0 Å². The van der Waals surface area contributed by atoms with Gasteiger partial charge in [-0.3, -0.25) is 0 Å². The van der Waals surface area contributed by atoms with Crippen molar-refractivity contribution in [3.63, 3.8) is 0 Å². The van der Waals surface area contributed by atoms with Crippen molar-refractivity contribution in [2.75, 3.05) is 33.0 Å². The lowest BCUT2D eigenvalue weighted by Gasteiger charge is -2.50. The third kappa shape index (κ3) is 9.84. The highest BCUT2D eigenvalue weighted by atomic mass is 16.8. The molecule has 5 rings (SSSR count). The minimum absolute atomic E-state index is 0.0882. The van der Waals surface area contributed by atoms with E-state index in [1.165, 1.54) is 13.0 Å². The Morgan fingerprint density at radius 3 is 1.50 bits per heavy atom. The van der Waals surface area contributed by atoms with E-state index in [9.17, 15) is 71.5 Å². The molecule has 5 aliphatic heterocycles. The molecule has 5 heterocycles. The minimum atomic E-state index is -2.02. The Kier molecular flexibility index (Phi) is 17.1.